The van der Waals surface area contributed by atoms with Crippen molar-refractivity contribution < 1.29 is 5.11 Å². The van der Waals surface area contributed by atoms with E-state index in [1.165, 1.54) is 32.1 Å². The van der Waals surface area contributed by atoms with Crippen LogP contribution in [0.4, 0.5) is 0 Å². The van der Waals surface area contributed by atoms with E-state index in [0.29, 0.717) is 12.6 Å². The molecule has 0 aromatic carbocycles. The first-order valence-electron chi connectivity index (χ1n) is 6.25. The maximum absolute atomic E-state index is 10.0. The molecule has 1 rings (SSSR count). The van der Waals surface area contributed by atoms with Gasteiger partial charge in [-0.3, -0.25) is 4.90 Å². The molecule has 2 atom stereocenters. The Morgan fingerprint density at radius 1 is 1.40 bits per heavy atom. The Kier molecular flexibility index (Phi) is 5.03. The molecule has 1 fully saturated rings. The van der Waals surface area contributed by atoms with Gasteiger partial charge >= 0.3 is 0 Å². The molecule has 3 N–H and O–H groups in total. The van der Waals surface area contributed by atoms with Crippen molar-refractivity contribution in [2.75, 3.05) is 19.6 Å². The normalized spacial score (nSPS) is 28.4. The summed E-state index contributed by atoms with van der Waals surface area (Å²) >= 11 is 0. The van der Waals surface area contributed by atoms with Gasteiger partial charge < -0.3 is 10.8 Å². The predicted molar refractivity (Wildman–Crippen MR) is 63.8 cm³/mol. The highest BCUT2D eigenvalue weighted by molar-refractivity contribution is 4.83. The zero-order valence-corrected chi connectivity index (χ0v) is 10.2. The van der Waals surface area contributed by atoms with Crippen LogP contribution in [0.1, 0.15) is 46.0 Å². The zero-order valence-electron chi connectivity index (χ0n) is 10.2. The second-order valence-corrected chi connectivity index (χ2v) is 5.08. The van der Waals surface area contributed by atoms with Gasteiger partial charge in [-0.15, -0.1) is 0 Å². The molecule has 1 heterocycles. The maximum Gasteiger partial charge on any atom is 0.0867 e. The monoisotopic (exact) mass is 214 g/mol. The van der Waals surface area contributed by atoms with Gasteiger partial charge in [0.25, 0.3) is 0 Å². The Morgan fingerprint density at radius 2 is 2.13 bits per heavy atom. The molecule has 0 spiro atoms. The average molecular weight is 214 g/mol. The minimum atomic E-state index is -0.724. The van der Waals surface area contributed by atoms with Crippen molar-refractivity contribution in [2.45, 2.75) is 57.6 Å². The zero-order chi connectivity index (χ0) is 11.3. The van der Waals surface area contributed by atoms with Crippen LogP contribution in [0.25, 0.3) is 0 Å². The SMILES string of the molecule is CCC1CCCCCN1CC(C)(O)CN. The standard InChI is InChI=1S/C12H26N2O/c1-3-11-7-5-4-6-8-14(11)10-12(2,15)9-13/h11,15H,3-10,13H2,1-2H3. The van der Waals surface area contributed by atoms with Gasteiger partial charge in [0.15, 0.2) is 0 Å². The number of hydrogen-bond donors (Lipinski definition) is 2. The Hall–Kier alpha value is -0.120. The molecule has 0 aliphatic carbocycles. The Labute approximate surface area is 93.6 Å². The van der Waals surface area contributed by atoms with Gasteiger partial charge in [-0.1, -0.05) is 19.8 Å². The summed E-state index contributed by atoms with van der Waals surface area (Å²) in [7, 11) is 0. The minimum absolute atomic E-state index is 0.347. The molecular weight excluding hydrogens is 188 g/mol. The van der Waals surface area contributed by atoms with Crippen LogP contribution in [-0.2, 0) is 0 Å². The van der Waals surface area contributed by atoms with Crippen LogP contribution in [-0.4, -0.2) is 41.3 Å². The number of nitrogens with two attached hydrogens (primary N) is 1. The number of likely N-dealkylation sites (tertiary alicyclic amines) is 1. The van der Waals surface area contributed by atoms with Gasteiger partial charge in [-0.25, -0.2) is 0 Å². The van der Waals surface area contributed by atoms with E-state index < -0.39 is 5.60 Å². The Bertz CT molecular complexity index is 182. The summed E-state index contributed by atoms with van der Waals surface area (Å²) in [5.74, 6) is 0. The highest BCUT2D eigenvalue weighted by Gasteiger charge is 2.27. The van der Waals surface area contributed by atoms with E-state index in [1.54, 1.807) is 0 Å². The number of aliphatic hydroxyl groups is 1. The second kappa shape index (κ2) is 5.83. The van der Waals surface area contributed by atoms with Crippen molar-refractivity contribution in [3.8, 4) is 0 Å². The van der Waals surface area contributed by atoms with Gasteiger partial charge in [0, 0.05) is 19.1 Å². The lowest BCUT2D eigenvalue weighted by Gasteiger charge is -2.35. The molecular formula is C12H26N2O. The van der Waals surface area contributed by atoms with Crippen LogP contribution in [0, 0.1) is 0 Å². The summed E-state index contributed by atoms with van der Waals surface area (Å²) in [5, 5.41) is 10.0. The van der Waals surface area contributed by atoms with Crippen molar-refractivity contribution in [3.63, 3.8) is 0 Å². The summed E-state index contributed by atoms with van der Waals surface area (Å²) < 4.78 is 0. The van der Waals surface area contributed by atoms with E-state index in [-0.39, 0.29) is 0 Å². The second-order valence-electron chi connectivity index (χ2n) is 5.08. The number of β-amino-alcohol motifs (C(OH)–C–C–N with tert-alkyl or cyclic N) is 1. The molecule has 15 heavy (non-hydrogen) atoms. The van der Waals surface area contributed by atoms with E-state index in [1.807, 2.05) is 6.92 Å². The maximum atomic E-state index is 10.0. The van der Waals surface area contributed by atoms with E-state index >= 15 is 0 Å². The van der Waals surface area contributed by atoms with Gasteiger partial charge in [0.1, 0.15) is 0 Å². The molecule has 3 nitrogen and oxygen atoms in total. The first-order chi connectivity index (χ1) is 7.09. The molecule has 1 aliphatic heterocycles. The first-order valence-corrected chi connectivity index (χ1v) is 6.25. The summed E-state index contributed by atoms with van der Waals surface area (Å²) in [5.41, 5.74) is 4.85. The fourth-order valence-corrected chi connectivity index (χ4v) is 2.41. The summed E-state index contributed by atoms with van der Waals surface area (Å²) in [4.78, 5) is 2.43. The number of nitrogens with zero attached hydrogens (tertiary/aromatic N) is 1. The summed E-state index contributed by atoms with van der Waals surface area (Å²) in [6.07, 6.45) is 6.38. The lowest BCUT2D eigenvalue weighted by atomic mass is 10.0. The third-order valence-corrected chi connectivity index (χ3v) is 3.45. The molecule has 2 unspecified atom stereocenters. The van der Waals surface area contributed by atoms with Crippen molar-refractivity contribution in [1.29, 1.82) is 0 Å². The van der Waals surface area contributed by atoms with Crippen LogP contribution in [0.3, 0.4) is 0 Å². The van der Waals surface area contributed by atoms with Crippen LogP contribution in [0.15, 0.2) is 0 Å². The van der Waals surface area contributed by atoms with E-state index in [0.717, 1.165) is 13.1 Å². The number of rotatable bonds is 4. The van der Waals surface area contributed by atoms with Gasteiger partial charge in [0.2, 0.25) is 0 Å². The average Bonchev–Trinajstić information content (AvgIpc) is 2.42. The quantitative estimate of drug-likeness (QED) is 0.743. The minimum Gasteiger partial charge on any atom is -0.388 e. The molecule has 1 saturated heterocycles. The van der Waals surface area contributed by atoms with Gasteiger partial charge in [-0.05, 0) is 32.7 Å². The largest absolute Gasteiger partial charge is 0.388 e. The first kappa shape index (κ1) is 12.9. The highest BCUT2D eigenvalue weighted by atomic mass is 16.3. The highest BCUT2D eigenvalue weighted by Crippen LogP contribution is 2.20. The lowest BCUT2D eigenvalue weighted by molar-refractivity contribution is 0.0130. The van der Waals surface area contributed by atoms with Crippen molar-refractivity contribution >= 4 is 0 Å². The van der Waals surface area contributed by atoms with Crippen molar-refractivity contribution in [3.05, 3.63) is 0 Å². The molecule has 0 saturated carbocycles. The van der Waals surface area contributed by atoms with Gasteiger partial charge in [0.05, 0.1) is 5.60 Å². The molecule has 0 radical (unpaired) electrons. The Morgan fingerprint density at radius 3 is 2.73 bits per heavy atom. The molecule has 0 amide bonds. The van der Waals surface area contributed by atoms with Crippen LogP contribution in [0.2, 0.25) is 0 Å². The summed E-state index contributed by atoms with van der Waals surface area (Å²) in [6, 6.07) is 0.644. The van der Waals surface area contributed by atoms with E-state index in [4.69, 9.17) is 5.73 Å². The van der Waals surface area contributed by atoms with Crippen molar-refractivity contribution in [1.82, 2.24) is 4.90 Å². The molecule has 1 aliphatic rings. The van der Waals surface area contributed by atoms with Crippen LogP contribution in [0.5, 0.6) is 0 Å². The summed E-state index contributed by atoms with van der Waals surface area (Å²) in [6.45, 7) is 6.27. The van der Waals surface area contributed by atoms with Crippen molar-refractivity contribution in [2.24, 2.45) is 5.73 Å². The molecule has 3 heteroatoms. The molecule has 90 valence electrons. The molecule has 0 aromatic rings. The third-order valence-electron chi connectivity index (χ3n) is 3.45. The smallest absolute Gasteiger partial charge is 0.0867 e. The fourth-order valence-electron chi connectivity index (χ4n) is 2.41. The third kappa shape index (κ3) is 4.09. The van der Waals surface area contributed by atoms with Crippen LogP contribution < -0.4 is 5.73 Å². The topological polar surface area (TPSA) is 49.5 Å². The molecule has 0 aromatic heterocycles. The van der Waals surface area contributed by atoms with Crippen LogP contribution >= 0.6 is 0 Å². The fraction of sp³-hybridized carbons (Fsp3) is 1.00. The Balaban J connectivity index is 2.55. The lowest BCUT2D eigenvalue weighted by Crippen LogP contribution is -2.49. The van der Waals surface area contributed by atoms with Gasteiger partial charge in [-0.2, -0.15) is 0 Å². The molecule has 0 bridgehead atoms. The number of hydrogen-bond acceptors (Lipinski definition) is 3. The van der Waals surface area contributed by atoms with E-state index in [9.17, 15) is 5.11 Å². The predicted octanol–water partition coefficient (Wildman–Crippen LogP) is 1.35. The van der Waals surface area contributed by atoms with E-state index in [2.05, 4.69) is 11.8 Å².